The van der Waals surface area contributed by atoms with Gasteiger partial charge >= 0.3 is 5.92 Å². The molecule has 1 unspecified atom stereocenters. The van der Waals surface area contributed by atoms with E-state index in [1.165, 1.54) is 11.3 Å². The predicted octanol–water partition coefficient (Wildman–Crippen LogP) is 1.14. The Kier molecular flexibility index (Phi) is 4.23. The van der Waals surface area contributed by atoms with Gasteiger partial charge in [-0.05, 0) is 0 Å². The highest BCUT2D eigenvalue weighted by molar-refractivity contribution is 7.10. The van der Waals surface area contributed by atoms with E-state index in [4.69, 9.17) is 0 Å². The third kappa shape index (κ3) is 3.07. The van der Waals surface area contributed by atoms with Crippen molar-refractivity contribution < 1.29 is 23.5 Å². The van der Waals surface area contributed by atoms with Crippen LogP contribution in [-0.4, -0.2) is 51.4 Å². The first kappa shape index (κ1) is 17.7. The molecule has 0 saturated carbocycles. The number of alkyl halides is 2. The normalized spacial score (nSPS) is 22.4. The number of aromatic nitrogens is 1. The third-order valence-corrected chi connectivity index (χ3v) is 5.06. The Bertz CT molecular complexity index is 641. The van der Waals surface area contributed by atoms with E-state index in [-0.39, 0.29) is 17.7 Å². The minimum Gasteiger partial charge on any atom is -0.381 e. The number of carbonyl (C=O) groups excluding carboxylic acids is 2. The molecule has 1 saturated heterocycles. The van der Waals surface area contributed by atoms with E-state index in [9.17, 15) is 23.5 Å². The molecular weight excluding hydrogens is 328 g/mol. The molecule has 1 aromatic heterocycles. The van der Waals surface area contributed by atoms with Gasteiger partial charge in [0.1, 0.15) is 5.69 Å². The molecule has 128 valence electrons. The number of amides is 2. The van der Waals surface area contributed by atoms with E-state index in [1.807, 2.05) is 20.8 Å². The molecule has 0 aliphatic carbocycles. The number of hydrogen-bond donors (Lipinski definition) is 2. The van der Waals surface area contributed by atoms with Crippen LogP contribution in [-0.2, 0) is 10.2 Å². The van der Waals surface area contributed by atoms with Crippen LogP contribution < -0.4 is 5.73 Å². The van der Waals surface area contributed by atoms with Gasteiger partial charge in [-0.25, -0.2) is 4.98 Å². The molecule has 1 aromatic rings. The molecule has 0 bridgehead atoms. The van der Waals surface area contributed by atoms with E-state index >= 15 is 0 Å². The molecule has 9 heteroatoms. The standard InChI is InChI=1S/C14H19F2N3O3S/c1-12(2,3)11-18-8(6-23-11)9(20)19-5-4-13(22,7-19)14(15,16)10(17)21/h6,22H,4-5,7H2,1-3H3,(H2,17,21). The van der Waals surface area contributed by atoms with Crippen molar-refractivity contribution in [3.8, 4) is 0 Å². The van der Waals surface area contributed by atoms with Crippen molar-refractivity contribution in [2.24, 2.45) is 5.73 Å². The molecule has 1 aliphatic rings. The van der Waals surface area contributed by atoms with E-state index in [1.54, 1.807) is 5.38 Å². The van der Waals surface area contributed by atoms with Crippen LogP contribution in [0.1, 0.15) is 42.7 Å². The average molecular weight is 347 g/mol. The third-order valence-electron chi connectivity index (χ3n) is 3.79. The molecule has 0 radical (unpaired) electrons. The number of primary amides is 1. The molecule has 1 aliphatic heterocycles. The van der Waals surface area contributed by atoms with Crippen molar-refractivity contribution in [3.05, 3.63) is 16.1 Å². The molecule has 2 rings (SSSR count). The van der Waals surface area contributed by atoms with Gasteiger partial charge in [0, 0.05) is 23.8 Å². The smallest absolute Gasteiger partial charge is 0.353 e. The molecule has 1 atom stereocenters. The summed E-state index contributed by atoms with van der Waals surface area (Å²) in [5, 5.41) is 12.3. The number of likely N-dealkylation sites (tertiary alicyclic amines) is 1. The lowest BCUT2D eigenvalue weighted by molar-refractivity contribution is -0.185. The second-order valence-electron chi connectivity index (χ2n) is 6.73. The van der Waals surface area contributed by atoms with E-state index in [0.29, 0.717) is 0 Å². The quantitative estimate of drug-likeness (QED) is 0.857. The van der Waals surface area contributed by atoms with Gasteiger partial charge in [-0.3, -0.25) is 9.59 Å². The lowest BCUT2D eigenvalue weighted by atomic mass is 9.94. The Hall–Kier alpha value is -1.61. The van der Waals surface area contributed by atoms with Crippen LogP contribution in [0.15, 0.2) is 5.38 Å². The summed E-state index contributed by atoms with van der Waals surface area (Å²) in [6, 6.07) is 0. The zero-order valence-corrected chi connectivity index (χ0v) is 13.9. The van der Waals surface area contributed by atoms with Gasteiger partial charge in [0.2, 0.25) is 0 Å². The molecule has 0 aromatic carbocycles. The predicted molar refractivity (Wildman–Crippen MR) is 80.4 cm³/mol. The molecule has 1 fully saturated rings. The van der Waals surface area contributed by atoms with Crippen LogP contribution in [0, 0.1) is 0 Å². The van der Waals surface area contributed by atoms with Crippen LogP contribution >= 0.6 is 11.3 Å². The topological polar surface area (TPSA) is 96.5 Å². The fourth-order valence-electron chi connectivity index (χ4n) is 2.33. The second-order valence-corrected chi connectivity index (χ2v) is 7.59. The summed E-state index contributed by atoms with van der Waals surface area (Å²) in [6.07, 6.45) is -0.426. The zero-order chi connectivity index (χ0) is 17.6. The maximum absolute atomic E-state index is 13.8. The van der Waals surface area contributed by atoms with Crippen LogP contribution in [0.4, 0.5) is 8.78 Å². The number of β-amino-alcohol motifs (C(OH)–C–C–N with tert-alkyl or cyclic N) is 1. The van der Waals surface area contributed by atoms with Gasteiger partial charge in [-0.2, -0.15) is 8.78 Å². The number of hydrogen-bond acceptors (Lipinski definition) is 5. The summed E-state index contributed by atoms with van der Waals surface area (Å²) in [6.45, 7) is 5.08. The highest BCUT2D eigenvalue weighted by Gasteiger charge is 2.60. The summed E-state index contributed by atoms with van der Waals surface area (Å²) < 4.78 is 27.5. The van der Waals surface area contributed by atoms with Crippen molar-refractivity contribution in [3.63, 3.8) is 0 Å². The fourth-order valence-corrected chi connectivity index (χ4v) is 3.21. The van der Waals surface area contributed by atoms with Gasteiger partial charge in [-0.15, -0.1) is 11.3 Å². The Morgan fingerprint density at radius 3 is 2.52 bits per heavy atom. The van der Waals surface area contributed by atoms with Crippen LogP contribution in [0.25, 0.3) is 0 Å². The summed E-state index contributed by atoms with van der Waals surface area (Å²) in [5.41, 5.74) is 1.93. The largest absolute Gasteiger partial charge is 0.381 e. The Morgan fingerprint density at radius 2 is 2.04 bits per heavy atom. The van der Waals surface area contributed by atoms with Crippen LogP contribution in [0.2, 0.25) is 0 Å². The maximum Gasteiger partial charge on any atom is 0.353 e. The Balaban J connectivity index is 2.17. The zero-order valence-electron chi connectivity index (χ0n) is 13.1. The molecule has 2 heterocycles. The van der Waals surface area contributed by atoms with Gasteiger partial charge in [0.25, 0.3) is 11.8 Å². The SMILES string of the molecule is CC(C)(C)c1nc(C(=O)N2CCC(O)(C(F)(F)C(N)=O)C2)cs1. The highest BCUT2D eigenvalue weighted by atomic mass is 32.1. The van der Waals surface area contributed by atoms with Crippen LogP contribution in [0.5, 0.6) is 0 Å². The minimum absolute atomic E-state index is 0.0966. The van der Waals surface area contributed by atoms with Gasteiger partial charge < -0.3 is 15.7 Å². The molecular formula is C14H19F2N3O3S. The summed E-state index contributed by atoms with van der Waals surface area (Å²) in [4.78, 5) is 28.5. The first-order chi connectivity index (χ1) is 10.4. The maximum atomic E-state index is 13.8. The molecule has 23 heavy (non-hydrogen) atoms. The Labute approximate surface area is 136 Å². The van der Waals surface area contributed by atoms with Crippen molar-refractivity contribution >= 4 is 23.2 Å². The summed E-state index contributed by atoms with van der Waals surface area (Å²) in [5.74, 6) is -6.55. The Morgan fingerprint density at radius 1 is 1.43 bits per heavy atom. The van der Waals surface area contributed by atoms with E-state index < -0.39 is 36.3 Å². The first-order valence-corrected chi connectivity index (χ1v) is 7.92. The second kappa shape index (κ2) is 5.48. The number of halogens is 2. The first-order valence-electron chi connectivity index (χ1n) is 7.04. The van der Waals surface area contributed by atoms with Gasteiger partial charge in [0.15, 0.2) is 5.60 Å². The molecule has 2 amide bonds. The van der Waals surface area contributed by atoms with Crippen LogP contribution in [0.3, 0.4) is 0 Å². The number of nitrogens with two attached hydrogens (primary N) is 1. The number of aliphatic hydroxyl groups is 1. The van der Waals surface area contributed by atoms with Crippen molar-refractivity contribution in [1.82, 2.24) is 9.88 Å². The number of thiazole rings is 1. The molecule has 3 N–H and O–H groups in total. The van der Waals surface area contributed by atoms with E-state index in [0.717, 1.165) is 9.91 Å². The summed E-state index contributed by atoms with van der Waals surface area (Å²) >= 11 is 1.31. The molecule has 6 nitrogen and oxygen atoms in total. The van der Waals surface area contributed by atoms with Crippen molar-refractivity contribution in [2.75, 3.05) is 13.1 Å². The number of rotatable bonds is 3. The van der Waals surface area contributed by atoms with Crippen molar-refractivity contribution in [2.45, 2.75) is 44.1 Å². The van der Waals surface area contributed by atoms with Gasteiger partial charge in [-0.1, -0.05) is 20.8 Å². The highest BCUT2D eigenvalue weighted by Crippen LogP contribution is 2.37. The lowest BCUT2D eigenvalue weighted by Crippen LogP contribution is -2.57. The van der Waals surface area contributed by atoms with Crippen molar-refractivity contribution in [1.29, 1.82) is 0 Å². The van der Waals surface area contributed by atoms with Gasteiger partial charge in [0.05, 0.1) is 11.6 Å². The molecule has 0 spiro atoms. The summed E-state index contributed by atoms with van der Waals surface area (Å²) in [7, 11) is 0. The number of nitrogens with zero attached hydrogens (tertiary/aromatic N) is 2. The number of carbonyl (C=O) groups is 2. The lowest BCUT2D eigenvalue weighted by Gasteiger charge is -2.29. The van der Waals surface area contributed by atoms with E-state index in [2.05, 4.69) is 10.7 Å². The average Bonchev–Trinajstić information content (AvgIpc) is 3.04. The monoisotopic (exact) mass is 347 g/mol. The fraction of sp³-hybridized carbons (Fsp3) is 0.643. The minimum atomic E-state index is -4.10.